The number of hydrogen-bond acceptors (Lipinski definition) is 4. The summed E-state index contributed by atoms with van der Waals surface area (Å²) >= 11 is 0. The molecule has 1 fully saturated rings. The Balaban J connectivity index is 2.34. The third kappa shape index (κ3) is 2.34. The zero-order chi connectivity index (χ0) is 13.2. The molecule has 1 N–H and O–H groups in total. The van der Waals surface area contributed by atoms with Gasteiger partial charge in [0.25, 0.3) is 0 Å². The van der Waals surface area contributed by atoms with Crippen molar-refractivity contribution in [1.82, 2.24) is 5.32 Å². The molecule has 0 aliphatic carbocycles. The van der Waals surface area contributed by atoms with Crippen molar-refractivity contribution in [3.63, 3.8) is 0 Å². The average Bonchev–Trinajstić information content (AvgIpc) is 2.85. The highest BCUT2D eigenvalue weighted by molar-refractivity contribution is 6.03. The number of carbonyl (C=O) groups is 1. The Morgan fingerprint density at radius 2 is 1.83 bits per heavy atom. The molecule has 2 rings (SSSR count). The van der Waals surface area contributed by atoms with E-state index < -0.39 is 5.54 Å². The molecule has 1 aliphatic rings. The molecule has 1 saturated heterocycles. The second kappa shape index (κ2) is 4.98. The summed E-state index contributed by atoms with van der Waals surface area (Å²) in [5, 5.41) is 3.28. The molecule has 0 radical (unpaired) electrons. The molecule has 1 aromatic rings. The van der Waals surface area contributed by atoms with Gasteiger partial charge in [0.05, 0.1) is 19.8 Å². The van der Waals surface area contributed by atoms with Gasteiger partial charge in [-0.1, -0.05) is 0 Å². The van der Waals surface area contributed by atoms with E-state index in [0.29, 0.717) is 17.1 Å². The number of ether oxygens (including phenoxy) is 2. The fourth-order valence-corrected chi connectivity index (χ4v) is 2.35. The lowest BCUT2D eigenvalue weighted by Gasteiger charge is -2.23. The molecule has 0 bridgehead atoms. The monoisotopic (exact) mass is 249 g/mol. The van der Waals surface area contributed by atoms with Crippen LogP contribution in [0.2, 0.25) is 0 Å². The van der Waals surface area contributed by atoms with Gasteiger partial charge in [0, 0.05) is 11.6 Å². The van der Waals surface area contributed by atoms with Crippen LogP contribution in [0.3, 0.4) is 0 Å². The molecule has 98 valence electrons. The SMILES string of the molecule is COc1cc(OC)cc(C(=O)C2(C)CCCN2)c1. The lowest BCUT2D eigenvalue weighted by Crippen LogP contribution is -2.44. The molecule has 4 heteroatoms. The molecule has 1 unspecified atom stereocenters. The van der Waals surface area contributed by atoms with Crippen molar-refractivity contribution in [2.24, 2.45) is 0 Å². The summed E-state index contributed by atoms with van der Waals surface area (Å²) in [4.78, 5) is 12.5. The van der Waals surface area contributed by atoms with Gasteiger partial charge in [-0.05, 0) is 38.4 Å². The molecule has 18 heavy (non-hydrogen) atoms. The Bertz CT molecular complexity index is 428. The number of Topliss-reactive ketones (excluding diaryl/α,β-unsaturated/α-hetero) is 1. The molecular formula is C14H19NO3. The molecule has 0 saturated carbocycles. The van der Waals surface area contributed by atoms with E-state index in [9.17, 15) is 4.79 Å². The van der Waals surface area contributed by atoms with Crippen molar-refractivity contribution in [3.8, 4) is 11.5 Å². The van der Waals surface area contributed by atoms with E-state index >= 15 is 0 Å². The minimum atomic E-state index is -0.461. The van der Waals surface area contributed by atoms with E-state index in [-0.39, 0.29) is 5.78 Å². The maximum Gasteiger partial charge on any atom is 0.182 e. The second-order valence-corrected chi connectivity index (χ2v) is 4.79. The number of ketones is 1. The minimum absolute atomic E-state index is 0.0946. The first kappa shape index (κ1) is 12.9. The largest absolute Gasteiger partial charge is 0.497 e. The predicted octanol–water partition coefficient (Wildman–Crippen LogP) is 2.03. The van der Waals surface area contributed by atoms with Crippen LogP contribution < -0.4 is 14.8 Å². The zero-order valence-electron chi connectivity index (χ0n) is 11.1. The molecule has 1 aromatic carbocycles. The van der Waals surface area contributed by atoms with Gasteiger partial charge in [-0.2, -0.15) is 0 Å². The molecule has 0 spiro atoms. The van der Waals surface area contributed by atoms with Gasteiger partial charge in [0.15, 0.2) is 5.78 Å². The lowest BCUT2D eigenvalue weighted by molar-refractivity contribution is 0.0883. The van der Waals surface area contributed by atoms with E-state index in [1.807, 2.05) is 6.92 Å². The smallest absolute Gasteiger partial charge is 0.182 e. The predicted molar refractivity (Wildman–Crippen MR) is 69.5 cm³/mol. The molecule has 0 aromatic heterocycles. The normalized spacial score (nSPS) is 22.8. The van der Waals surface area contributed by atoms with Gasteiger partial charge < -0.3 is 14.8 Å². The van der Waals surface area contributed by atoms with Crippen LogP contribution in [-0.2, 0) is 0 Å². The number of benzene rings is 1. The highest BCUT2D eigenvalue weighted by Crippen LogP contribution is 2.28. The summed E-state index contributed by atoms with van der Waals surface area (Å²) in [6.07, 6.45) is 1.90. The Kier molecular flexibility index (Phi) is 3.57. The van der Waals surface area contributed by atoms with Crippen LogP contribution in [0.1, 0.15) is 30.1 Å². The van der Waals surface area contributed by atoms with E-state index in [1.165, 1.54) is 0 Å². The van der Waals surface area contributed by atoms with Crippen LogP contribution in [0, 0.1) is 0 Å². The number of hydrogen-bond donors (Lipinski definition) is 1. The summed E-state index contributed by atoms with van der Waals surface area (Å²) in [5.41, 5.74) is 0.167. The first-order valence-corrected chi connectivity index (χ1v) is 6.12. The summed E-state index contributed by atoms with van der Waals surface area (Å²) in [7, 11) is 3.16. The average molecular weight is 249 g/mol. The molecule has 4 nitrogen and oxygen atoms in total. The van der Waals surface area contributed by atoms with Gasteiger partial charge in [0.2, 0.25) is 0 Å². The third-order valence-electron chi connectivity index (χ3n) is 3.48. The number of nitrogens with one attached hydrogen (secondary N) is 1. The summed E-state index contributed by atoms with van der Waals surface area (Å²) in [6, 6.07) is 5.29. The quantitative estimate of drug-likeness (QED) is 0.829. The van der Waals surface area contributed by atoms with Crippen LogP contribution >= 0.6 is 0 Å². The van der Waals surface area contributed by atoms with Crippen molar-refractivity contribution < 1.29 is 14.3 Å². The van der Waals surface area contributed by atoms with Crippen molar-refractivity contribution in [2.75, 3.05) is 20.8 Å². The van der Waals surface area contributed by atoms with E-state index in [1.54, 1.807) is 32.4 Å². The van der Waals surface area contributed by atoms with Crippen molar-refractivity contribution in [1.29, 1.82) is 0 Å². The molecular weight excluding hydrogens is 230 g/mol. The number of carbonyl (C=O) groups excluding carboxylic acids is 1. The molecule has 0 amide bonds. The summed E-state index contributed by atoms with van der Waals surface area (Å²) in [5.74, 6) is 1.37. The van der Waals surface area contributed by atoms with Crippen LogP contribution in [0.5, 0.6) is 11.5 Å². The van der Waals surface area contributed by atoms with Crippen molar-refractivity contribution in [3.05, 3.63) is 23.8 Å². The van der Waals surface area contributed by atoms with E-state index in [0.717, 1.165) is 19.4 Å². The Morgan fingerprint density at radius 3 is 2.28 bits per heavy atom. The molecule has 1 heterocycles. The molecule has 1 aliphatic heterocycles. The topological polar surface area (TPSA) is 47.6 Å². The van der Waals surface area contributed by atoms with Crippen LogP contribution in [0.15, 0.2) is 18.2 Å². The van der Waals surface area contributed by atoms with Crippen LogP contribution in [-0.4, -0.2) is 32.1 Å². The fourth-order valence-electron chi connectivity index (χ4n) is 2.35. The number of methoxy groups -OCH3 is 2. The Morgan fingerprint density at radius 1 is 1.22 bits per heavy atom. The summed E-state index contributed by atoms with van der Waals surface area (Å²) in [6.45, 7) is 2.84. The first-order valence-electron chi connectivity index (χ1n) is 6.12. The second-order valence-electron chi connectivity index (χ2n) is 4.79. The van der Waals surface area contributed by atoms with Gasteiger partial charge in [0.1, 0.15) is 11.5 Å². The maximum atomic E-state index is 12.5. The van der Waals surface area contributed by atoms with Gasteiger partial charge >= 0.3 is 0 Å². The third-order valence-corrected chi connectivity index (χ3v) is 3.48. The van der Waals surface area contributed by atoms with Gasteiger partial charge in [-0.3, -0.25) is 4.79 Å². The Labute approximate surface area is 107 Å². The maximum absolute atomic E-state index is 12.5. The fraction of sp³-hybridized carbons (Fsp3) is 0.500. The molecule has 1 atom stereocenters. The van der Waals surface area contributed by atoms with Crippen molar-refractivity contribution >= 4 is 5.78 Å². The van der Waals surface area contributed by atoms with E-state index in [4.69, 9.17) is 9.47 Å². The summed E-state index contributed by atoms with van der Waals surface area (Å²) < 4.78 is 10.4. The standard InChI is InChI=1S/C14H19NO3/c1-14(5-4-6-15-14)13(16)10-7-11(17-2)9-12(8-10)18-3/h7-9,15H,4-6H2,1-3H3. The zero-order valence-corrected chi connectivity index (χ0v) is 11.1. The lowest BCUT2D eigenvalue weighted by atomic mass is 9.89. The van der Waals surface area contributed by atoms with Gasteiger partial charge in [-0.15, -0.1) is 0 Å². The van der Waals surface area contributed by atoms with Crippen LogP contribution in [0.25, 0.3) is 0 Å². The highest BCUT2D eigenvalue weighted by atomic mass is 16.5. The number of rotatable bonds is 4. The van der Waals surface area contributed by atoms with E-state index in [2.05, 4.69) is 5.32 Å². The minimum Gasteiger partial charge on any atom is -0.497 e. The van der Waals surface area contributed by atoms with Crippen molar-refractivity contribution in [2.45, 2.75) is 25.3 Å². The first-order chi connectivity index (χ1) is 8.59. The van der Waals surface area contributed by atoms with Crippen LogP contribution in [0.4, 0.5) is 0 Å². The highest BCUT2D eigenvalue weighted by Gasteiger charge is 2.36. The Hall–Kier alpha value is -1.55. The van der Waals surface area contributed by atoms with Gasteiger partial charge in [-0.25, -0.2) is 0 Å².